The average molecular weight is 427 g/mol. The highest BCUT2D eigenvalue weighted by Gasteiger charge is 2.25. The number of nitrogens with one attached hydrogen (secondary N) is 2. The van der Waals surface area contributed by atoms with E-state index >= 15 is 0 Å². The van der Waals surface area contributed by atoms with Gasteiger partial charge in [-0.25, -0.2) is 0 Å². The molecule has 0 aliphatic carbocycles. The Morgan fingerprint density at radius 1 is 0.906 bits per heavy atom. The quantitative estimate of drug-likeness (QED) is 0.380. The third-order valence-corrected chi connectivity index (χ3v) is 5.95. The van der Waals surface area contributed by atoms with Gasteiger partial charge in [-0.05, 0) is 59.4 Å². The molecule has 1 aliphatic heterocycles. The summed E-state index contributed by atoms with van der Waals surface area (Å²) in [6.45, 7) is 6.58. The third-order valence-electron chi connectivity index (χ3n) is 5.95. The Labute approximate surface area is 189 Å². The van der Waals surface area contributed by atoms with Crippen molar-refractivity contribution in [3.63, 3.8) is 0 Å². The van der Waals surface area contributed by atoms with Crippen molar-refractivity contribution in [1.82, 2.24) is 10.3 Å². The summed E-state index contributed by atoms with van der Waals surface area (Å²) in [4.78, 5) is 3.68. The van der Waals surface area contributed by atoms with Crippen molar-refractivity contribution in [2.24, 2.45) is 5.92 Å². The molecule has 5 rings (SSSR count). The molecule has 4 aromatic rings. The Hall–Kier alpha value is -3.24. The first-order valence-electron chi connectivity index (χ1n) is 11.4. The minimum absolute atomic E-state index is 0.127. The molecule has 0 saturated carbocycles. The van der Waals surface area contributed by atoms with Gasteiger partial charge in [0.25, 0.3) is 0 Å². The standard InChI is InChI=1S/C28H30N2O2/c1-19(2)17-31-22-10-6-9-21(15-22)27-28-24(13-14-29-27)25-16-23(11-12-26(25)30-28)32-18-20-7-4-3-5-8-20/h3-12,15-16,19,27,29-30H,13-14,17-18H2,1-2H3. The fraction of sp³-hybridized carbons (Fsp3) is 0.286. The van der Waals surface area contributed by atoms with E-state index in [9.17, 15) is 0 Å². The summed E-state index contributed by atoms with van der Waals surface area (Å²) < 4.78 is 12.1. The number of rotatable bonds is 7. The zero-order valence-electron chi connectivity index (χ0n) is 18.7. The first-order valence-corrected chi connectivity index (χ1v) is 11.4. The van der Waals surface area contributed by atoms with Crippen molar-refractivity contribution < 1.29 is 9.47 Å². The molecule has 2 heterocycles. The second-order valence-electron chi connectivity index (χ2n) is 8.91. The van der Waals surface area contributed by atoms with Crippen LogP contribution in [0.25, 0.3) is 10.9 Å². The zero-order valence-corrected chi connectivity index (χ0v) is 18.7. The number of ether oxygens (including phenoxy) is 2. The minimum atomic E-state index is 0.127. The Bertz CT molecular complexity index is 1200. The first kappa shape index (κ1) is 20.7. The Balaban J connectivity index is 1.41. The maximum atomic E-state index is 6.09. The van der Waals surface area contributed by atoms with Gasteiger partial charge in [-0.3, -0.25) is 0 Å². The van der Waals surface area contributed by atoms with Crippen LogP contribution in [0.1, 0.15) is 42.3 Å². The van der Waals surface area contributed by atoms with E-state index in [1.807, 2.05) is 24.3 Å². The zero-order chi connectivity index (χ0) is 21.9. The number of aromatic amines is 1. The second-order valence-corrected chi connectivity index (χ2v) is 8.91. The maximum absolute atomic E-state index is 6.09. The predicted octanol–water partition coefficient (Wildman–Crippen LogP) is 6.02. The van der Waals surface area contributed by atoms with Crippen LogP contribution in [0, 0.1) is 5.92 Å². The molecule has 2 N–H and O–H groups in total. The summed E-state index contributed by atoms with van der Waals surface area (Å²) in [7, 11) is 0. The van der Waals surface area contributed by atoms with Crippen LogP contribution in [0.5, 0.6) is 11.5 Å². The van der Waals surface area contributed by atoms with E-state index in [4.69, 9.17) is 9.47 Å². The molecule has 0 fully saturated rings. The molecule has 0 bridgehead atoms. The summed E-state index contributed by atoms with van der Waals surface area (Å²) in [6.07, 6.45) is 0.998. The van der Waals surface area contributed by atoms with Crippen molar-refractivity contribution in [3.05, 3.63) is 95.2 Å². The summed E-state index contributed by atoms with van der Waals surface area (Å²) in [5.41, 5.74) is 6.17. The smallest absolute Gasteiger partial charge is 0.120 e. The Morgan fingerprint density at radius 3 is 2.59 bits per heavy atom. The number of H-pyrrole nitrogens is 1. The molecule has 4 heteroatoms. The van der Waals surface area contributed by atoms with Gasteiger partial charge in [-0.2, -0.15) is 0 Å². The van der Waals surface area contributed by atoms with Crippen molar-refractivity contribution in [2.45, 2.75) is 32.9 Å². The van der Waals surface area contributed by atoms with E-state index in [0.29, 0.717) is 12.5 Å². The fourth-order valence-corrected chi connectivity index (χ4v) is 4.37. The van der Waals surface area contributed by atoms with Gasteiger partial charge in [0.05, 0.1) is 12.6 Å². The maximum Gasteiger partial charge on any atom is 0.120 e. The molecule has 0 amide bonds. The van der Waals surface area contributed by atoms with Crippen LogP contribution >= 0.6 is 0 Å². The largest absolute Gasteiger partial charge is 0.493 e. The summed E-state index contributed by atoms with van der Waals surface area (Å²) in [6, 6.07) is 25.2. The molecule has 0 radical (unpaired) electrons. The van der Waals surface area contributed by atoms with Crippen molar-refractivity contribution in [2.75, 3.05) is 13.2 Å². The molecular weight excluding hydrogens is 396 g/mol. The van der Waals surface area contributed by atoms with Crippen molar-refractivity contribution >= 4 is 10.9 Å². The van der Waals surface area contributed by atoms with Crippen molar-refractivity contribution in [1.29, 1.82) is 0 Å². The SMILES string of the molecule is CC(C)COc1cccc(C2NCCc3c2[nH]c2ccc(OCc4ccccc4)cc32)c1. The third kappa shape index (κ3) is 4.37. The molecule has 1 aromatic heterocycles. The second kappa shape index (κ2) is 9.09. The lowest BCUT2D eigenvalue weighted by atomic mass is 9.94. The number of benzene rings is 3. The molecule has 3 aromatic carbocycles. The molecular formula is C28H30N2O2. The molecule has 1 aliphatic rings. The highest BCUT2D eigenvalue weighted by atomic mass is 16.5. The van der Waals surface area contributed by atoms with Gasteiger partial charge in [0.1, 0.15) is 18.1 Å². The molecule has 1 atom stereocenters. The highest BCUT2D eigenvalue weighted by molar-refractivity contribution is 5.86. The van der Waals surface area contributed by atoms with Crippen molar-refractivity contribution in [3.8, 4) is 11.5 Å². The topological polar surface area (TPSA) is 46.3 Å². The van der Waals surface area contributed by atoms with Gasteiger partial charge in [-0.1, -0.05) is 56.3 Å². The van der Waals surface area contributed by atoms with Crippen LogP contribution in [0.4, 0.5) is 0 Å². The molecule has 164 valence electrons. The lowest BCUT2D eigenvalue weighted by Crippen LogP contribution is -2.30. The van der Waals surface area contributed by atoms with Crippen LogP contribution in [-0.2, 0) is 13.0 Å². The van der Waals surface area contributed by atoms with Gasteiger partial charge >= 0.3 is 0 Å². The lowest BCUT2D eigenvalue weighted by molar-refractivity contribution is 0.270. The predicted molar refractivity (Wildman–Crippen MR) is 129 cm³/mol. The van der Waals surface area contributed by atoms with E-state index < -0.39 is 0 Å². The molecule has 0 spiro atoms. The van der Waals surface area contributed by atoms with Crippen LogP contribution in [0.3, 0.4) is 0 Å². The monoisotopic (exact) mass is 426 g/mol. The van der Waals surface area contributed by atoms with Gasteiger partial charge in [-0.15, -0.1) is 0 Å². The van der Waals surface area contributed by atoms with Gasteiger partial charge in [0.2, 0.25) is 0 Å². The average Bonchev–Trinajstić information content (AvgIpc) is 3.20. The molecule has 4 nitrogen and oxygen atoms in total. The van der Waals surface area contributed by atoms with E-state index in [1.165, 1.54) is 27.8 Å². The van der Waals surface area contributed by atoms with Crippen LogP contribution in [0.15, 0.2) is 72.8 Å². The van der Waals surface area contributed by atoms with Crippen LogP contribution < -0.4 is 14.8 Å². The molecule has 1 unspecified atom stereocenters. The van der Waals surface area contributed by atoms with E-state index in [1.54, 1.807) is 0 Å². The Morgan fingerprint density at radius 2 is 1.75 bits per heavy atom. The first-order chi connectivity index (χ1) is 15.7. The van der Waals surface area contributed by atoms with E-state index in [-0.39, 0.29) is 6.04 Å². The van der Waals surface area contributed by atoms with Gasteiger partial charge in [0, 0.05) is 23.1 Å². The van der Waals surface area contributed by atoms with Gasteiger partial charge in [0.15, 0.2) is 0 Å². The number of fused-ring (bicyclic) bond motifs is 3. The number of hydrogen-bond acceptors (Lipinski definition) is 3. The minimum Gasteiger partial charge on any atom is -0.493 e. The van der Waals surface area contributed by atoms with Crippen LogP contribution in [-0.4, -0.2) is 18.1 Å². The fourth-order valence-electron chi connectivity index (χ4n) is 4.37. The summed E-state index contributed by atoms with van der Waals surface area (Å²) >= 11 is 0. The van der Waals surface area contributed by atoms with E-state index in [0.717, 1.165) is 36.6 Å². The van der Waals surface area contributed by atoms with Gasteiger partial charge < -0.3 is 19.8 Å². The molecule has 32 heavy (non-hydrogen) atoms. The number of aromatic nitrogens is 1. The Kier molecular flexibility index (Phi) is 5.87. The summed E-state index contributed by atoms with van der Waals surface area (Å²) in [5.74, 6) is 2.34. The normalized spacial score (nSPS) is 15.7. The van der Waals surface area contributed by atoms with Crippen LogP contribution in [0.2, 0.25) is 0 Å². The molecule has 0 saturated heterocycles. The highest BCUT2D eigenvalue weighted by Crippen LogP contribution is 2.36. The summed E-state index contributed by atoms with van der Waals surface area (Å²) in [5, 5.41) is 4.94. The number of hydrogen-bond donors (Lipinski definition) is 2. The lowest BCUT2D eigenvalue weighted by Gasteiger charge is -2.25. The van der Waals surface area contributed by atoms with E-state index in [2.05, 4.69) is 72.7 Å².